The molecule has 0 aromatic heterocycles. The molecule has 6 nitrogen and oxygen atoms in total. The van der Waals surface area contributed by atoms with Crippen molar-refractivity contribution < 1.29 is 28.5 Å². The summed E-state index contributed by atoms with van der Waals surface area (Å²) in [6, 6.07) is 5.11. The van der Waals surface area contributed by atoms with E-state index in [4.69, 9.17) is 23.7 Å². The van der Waals surface area contributed by atoms with Crippen LogP contribution in [0.1, 0.15) is 30.6 Å². The normalized spacial score (nSPS) is 36.7. The summed E-state index contributed by atoms with van der Waals surface area (Å²) in [5.41, 5.74) is 0.546. The van der Waals surface area contributed by atoms with Gasteiger partial charge in [0.25, 0.3) is 0 Å². The molecule has 124 valence electrons. The summed E-state index contributed by atoms with van der Waals surface area (Å²) >= 11 is 0. The largest absolute Gasteiger partial charge is 0.493 e. The molecule has 3 aliphatic heterocycles. The number of hydrogen-bond acceptors (Lipinski definition) is 6. The second-order valence-corrected chi connectivity index (χ2v) is 6.62. The lowest BCUT2D eigenvalue weighted by Crippen LogP contribution is -2.44. The molecule has 23 heavy (non-hydrogen) atoms. The van der Waals surface area contributed by atoms with Crippen LogP contribution in [0.3, 0.4) is 0 Å². The van der Waals surface area contributed by atoms with Gasteiger partial charge in [-0.25, -0.2) is 0 Å². The summed E-state index contributed by atoms with van der Waals surface area (Å²) in [6.07, 6.45) is 1.05. The van der Waals surface area contributed by atoms with Gasteiger partial charge in [0.1, 0.15) is 30.7 Å². The first-order valence-corrected chi connectivity index (χ1v) is 7.82. The standard InChI is InChI=1S/C17H20O6/c1-17(2)22-15-13-7-12(14(21-13)16(15)23-17)20-11-6-9(8-18)4-5-10(11)19-3/h4-6,8,12-16H,7H2,1-3H3. The van der Waals surface area contributed by atoms with Crippen LogP contribution in [0.4, 0.5) is 0 Å². The predicted octanol–water partition coefficient (Wildman–Crippen LogP) is 1.95. The number of ether oxygens (including phenoxy) is 5. The van der Waals surface area contributed by atoms with Crippen LogP contribution in [0, 0.1) is 0 Å². The van der Waals surface area contributed by atoms with Crippen molar-refractivity contribution >= 4 is 6.29 Å². The van der Waals surface area contributed by atoms with E-state index in [0.717, 1.165) is 12.7 Å². The van der Waals surface area contributed by atoms with Gasteiger partial charge in [-0.2, -0.15) is 0 Å². The van der Waals surface area contributed by atoms with E-state index in [9.17, 15) is 4.79 Å². The van der Waals surface area contributed by atoms with Crippen molar-refractivity contribution in [1.29, 1.82) is 0 Å². The van der Waals surface area contributed by atoms with Gasteiger partial charge in [0.2, 0.25) is 0 Å². The monoisotopic (exact) mass is 320 g/mol. The van der Waals surface area contributed by atoms with E-state index in [-0.39, 0.29) is 30.5 Å². The molecule has 6 heteroatoms. The topological polar surface area (TPSA) is 63.2 Å². The summed E-state index contributed by atoms with van der Waals surface area (Å²) < 4.78 is 29.3. The van der Waals surface area contributed by atoms with E-state index in [0.29, 0.717) is 17.1 Å². The number of carbonyl (C=O) groups excluding carboxylic acids is 1. The summed E-state index contributed by atoms with van der Waals surface area (Å²) in [5.74, 6) is 0.562. The van der Waals surface area contributed by atoms with Gasteiger partial charge < -0.3 is 23.7 Å². The van der Waals surface area contributed by atoms with Crippen LogP contribution in [-0.4, -0.2) is 49.7 Å². The molecular weight excluding hydrogens is 300 g/mol. The first-order chi connectivity index (χ1) is 11.0. The third-order valence-electron chi connectivity index (χ3n) is 4.62. The molecule has 2 bridgehead atoms. The number of benzene rings is 1. The molecule has 5 atom stereocenters. The van der Waals surface area contributed by atoms with Gasteiger partial charge in [-0.1, -0.05) is 0 Å². The van der Waals surface area contributed by atoms with Crippen LogP contribution < -0.4 is 9.47 Å². The maximum Gasteiger partial charge on any atom is 0.164 e. The van der Waals surface area contributed by atoms with Crippen LogP contribution in [-0.2, 0) is 14.2 Å². The Labute approximate surface area is 134 Å². The van der Waals surface area contributed by atoms with Crippen LogP contribution in [0.25, 0.3) is 0 Å². The minimum Gasteiger partial charge on any atom is -0.493 e. The van der Waals surface area contributed by atoms with Crippen molar-refractivity contribution in [3.05, 3.63) is 23.8 Å². The van der Waals surface area contributed by atoms with Crippen molar-refractivity contribution in [1.82, 2.24) is 0 Å². The number of carbonyl (C=O) groups is 1. The lowest BCUT2D eigenvalue weighted by Gasteiger charge is -2.27. The van der Waals surface area contributed by atoms with Gasteiger partial charge in [-0.15, -0.1) is 0 Å². The van der Waals surface area contributed by atoms with Crippen molar-refractivity contribution in [2.24, 2.45) is 0 Å². The maximum atomic E-state index is 11.0. The number of fused-ring (bicyclic) bond motifs is 5. The fraction of sp³-hybridized carbons (Fsp3) is 0.588. The molecule has 3 saturated heterocycles. The summed E-state index contributed by atoms with van der Waals surface area (Å²) in [4.78, 5) is 11.0. The van der Waals surface area contributed by atoms with Crippen molar-refractivity contribution in [2.45, 2.75) is 56.6 Å². The molecule has 3 fully saturated rings. The molecule has 1 aromatic carbocycles. The second kappa shape index (κ2) is 5.19. The zero-order chi connectivity index (χ0) is 16.2. The molecule has 0 N–H and O–H groups in total. The number of methoxy groups -OCH3 is 1. The highest BCUT2D eigenvalue weighted by Crippen LogP contribution is 2.47. The molecule has 1 aromatic rings. The molecule has 0 aliphatic carbocycles. The Kier molecular flexibility index (Phi) is 3.37. The number of rotatable bonds is 4. The van der Waals surface area contributed by atoms with Gasteiger partial charge in [0.05, 0.1) is 13.2 Å². The molecule has 0 saturated carbocycles. The Morgan fingerprint density at radius 3 is 2.70 bits per heavy atom. The lowest BCUT2D eigenvalue weighted by molar-refractivity contribution is -0.179. The smallest absolute Gasteiger partial charge is 0.164 e. The van der Waals surface area contributed by atoms with E-state index in [1.54, 1.807) is 25.3 Å². The average Bonchev–Trinajstić information content (AvgIpc) is 3.15. The summed E-state index contributed by atoms with van der Waals surface area (Å²) in [7, 11) is 1.58. The summed E-state index contributed by atoms with van der Waals surface area (Å²) in [6.45, 7) is 3.83. The Morgan fingerprint density at radius 2 is 1.96 bits per heavy atom. The highest BCUT2D eigenvalue weighted by Gasteiger charge is 2.62. The zero-order valence-corrected chi connectivity index (χ0v) is 13.4. The van der Waals surface area contributed by atoms with Crippen LogP contribution in [0.15, 0.2) is 18.2 Å². The molecule has 3 heterocycles. The Bertz CT molecular complexity index is 628. The lowest BCUT2D eigenvalue weighted by atomic mass is 9.92. The van der Waals surface area contributed by atoms with E-state index < -0.39 is 5.79 Å². The SMILES string of the molecule is COc1ccc(C=O)cc1OC1CC2OC1C1OC(C)(C)OC21. The molecular formula is C17H20O6. The third kappa shape index (κ3) is 2.41. The van der Waals surface area contributed by atoms with Crippen LogP contribution in [0.2, 0.25) is 0 Å². The number of aldehydes is 1. The van der Waals surface area contributed by atoms with Crippen LogP contribution >= 0.6 is 0 Å². The van der Waals surface area contributed by atoms with E-state index in [1.807, 2.05) is 13.8 Å². The van der Waals surface area contributed by atoms with Gasteiger partial charge >= 0.3 is 0 Å². The van der Waals surface area contributed by atoms with Gasteiger partial charge in [-0.3, -0.25) is 4.79 Å². The molecule has 4 rings (SSSR count). The Balaban J connectivity index is 1.54. The minimum atomic E-state index is -0.584. The quantitative estimate of drug-likeness (QED) is 0.790. The van der Waals surface area contributed by atoms with E-state index >= 15 is 0 Å². The molecule has 3 aliphatic rings. The number of hydrogen-bond donors (Lipinski definition) is 0. The van der Waals surface area contributed by atoms with E-state index in [1.165, 1.54) is 0 Å². The molecule has 0 amide bonds. The van der Waals surface area contributed by atoms with Crippen molar-refractivity contribution in [3.63, 3.8) is 0 Å². The summed E-state index contributed by atoms with van der Waals surface area (Å²) in [5, 5.41) is 0. The third-order valence-corrected chi connectivity index (χ3v) is 4.62. The molecule has 5 unspecified atom stereocenters. The Hall–Kier alpha value is -1.63. The fourth-order valence-electron chi connectivity index (χ4n) is 3.70. The molecule has 0 radical (unpaired) electrons. The van der Waals surface area contributed by atoms with Gasteiger partial charge in [0.15, 0.2) is 17.3 Å². The van der Waals surface area contributed by atoms with Crippen molar-refractivity contribution in [2.75, 3.05) is 7.11 Å². The van der Waals surface area contributed by atoms with Gasteiger partial charge in [-0.05, 0) is 32.0 Å². The van der Waals surface area contributed by atoms with Crippen LogP contribution in [0.5, 0.6) is 11.5 Å². The second-order valence-electron chi connectivity index (χ2n) is 6.62. The Morgan fingerprint density at radius 1 is 1.17 bits per heavy atom. The average molecular weight is 320 g/mol. The first kappa shape index (κ1) is 14.9. The fourth-order valence-corrected chi connectivity index (χ4v) is 3.70. The predicted molar refractivity (Wildman–Crippen MR) is 79.9 cm³/mol. The zero-order valence-electron chi connectivity index (χ0n) is 13.4. The van der Waals surface area contributed by atoms with E-state index in [2.05, 4.69) is 0 Å². The minimum absolute atomic E-state index is 0.0166. The first-order valence-electron chi connectivity index (χ1n) is 7.82. The molecule has 0 spiro atoms. The highest BCUT2D eigenvalue weighted by atomic mass is 16.8. The maximum absolute atomic E-state index is 11.0. The van der Waals surface area contributed by atoms with Crippen molar-refractivity contribution in [3.8, 4) is 11.5 Å². The van der Waals surface area contributed by atoms with Gasteiger partial charge in [0, 0.05) is 12.0 Å². The highest BCUT2D eigenvalue weighted by molar-refractivity contribution is 5.76.